The third kappa shape index (κ3) is 4.46. The van der Waals surface area contributed by atoms with Gasteiger partial charge in [0.1, 0.15) is 17.7 Å². The molecular weight excluding hydrogens is 386 g/mol. The molecule has 0 atom stereocenters. The number of rotatable bonds is 6. The molecule has 1 saturated heterocycles. The van der Waals surface area contributed by atoms with Gasteiger partial charge in [-0.15, -0.1) is 0 Å². The average molecular weight is 414 g/mol. The van der Waals surface area contributed by atoms with Gasteiger partial charge in [-0.2, -0.15) is 0 Å². The number of nitrogens with zero attached hydrogens (tertiary/aromatic N) is 3. The third-order valence-corrected chi connectivity index (χ3v) is 6.54. The number of likely N-dealkylation sites (tertiary alicyclic amines) is 1. The first-order valence-electron chi connectivity index (χ1n) is 10.1. The van der Waals surface area contributed by atoms with Crippen molar-refractivity contribution in [2.45, 2.75) is 37.2 Å². The lowest BCUT2D eigenvalue weighted by atomic mass is 10.1. The van der Waals surface area contributed by atoms with Crippen LogP contribution >= 0.6 is 0 Å². The molecule has 3 aromatic rings. The number of ether oxygens (including phenoxy) is 1. The molecule has 1 aliphatic rings. The highest BCUT2D eigenvalue weighted by Crippen LogP contribution is 2.24. The van der Waals surface area contributed by atoms with E-state index in [0.29, 0.717) is 4.90 Å². The maximum atomic E-state index is 11.8. The lowest BCUT2D eigenvalue weighted by Crippen LogP contribution is -2.38. The Morgan fingerprint density at radius 3 is 2.59 bits per heavy atom. The summed E-state index contributed by atoms with van der Waals surface area (Å²) in [6.07, 6.45) is 8.43. The monoisotopic (exact) mass is 413 g/mol. The Morgan fingerprint density at radius 2 is 1.93 bits per heavy atom. The molecule has 4 rings (SSSR count). The number of piperidine rings is 1. The maximum absolute atomic E-state index is 11.8. The van der Waals surface area contributed by atoms with Crippen LogP contribution < -0.4 is 4.74 Å². The zero-order chi connectivity index (χ0) is 20.4. The minimum atomic E-state index is -3.22. The van der Waals surface area contributed by atoms with Gasteiger partial charge in [0, 0.05) is 30.9 Å². The molecular formula is C22H27N3O3S. The molecule has 0 saturated carbocycles. The molecule has 0 aliphatic carbocycles. The van der Waals surface area contributed by atoms with Crippen molar-refractivity contribution in [2.24, 2.45) is 0 Å². The van der Waals surface area contributed by atoms with Crippen LogP contribution in [0.3, 0.4) is 0 Å². The number of hydrogen-bond acceptors (Lipinski definition) is 5. The van der Waals surface area contributed by atoms with Gasteiger partial charge in [0.25, 0.3) is 0 Å². The van der Waals surface area contributed by atoms with Gasteiger partial charge in [0.15, 0.2) is 9.84 Å². The number of benzene rings is 1. The van der Waals surface area contributed by atoms with Gasteiger partial charge < -0.3 is 14.2 Å². The topological polar surface area (TPSA) is 64.4 Å². The largest absolute Gasteiger partial charge is 0.489 e. The molecule has 0 radical (unpaired) electrons. The van der Waals surface area contributed by atoms with Crippen molar-refractivity contribution in [3.8, 4) is 11.6 Å². The van der Waals surface area contributed by atoms with Crippen LogP contribution in [-0.4, -0.2) is 54.9 Å². The van der Waals surface area contributed by atoms with Crippen molar-refractivity contribution in [1.82, 2.24) is 14.5 Å². The van der Waals surface area contributed by atoms with Gasteiger partial charge in [-0.05, 0) is 62.2 Å². The van der Waals surface area contributed by atoms with Crippen LogP contribution in [0.1, 0.15) is 26.2 Å². The van der Waals surface area contributed by atoms with Crippen molar-refractivity contribution < 1.29 is 13.2 Å². The molecule has 29 heavy (non-hydrogen) atoms. The number of fused-ring (bicyclic) bond motifs is 1. The standard InChI is InChI=1S/C22H27N3O3S/c1-3-11-24-12-9-18(10-13-24)28-19-4-7-22(23-16-19)25-14-8-17-15-20(29(2,26)27)5-6-21(17)25/h4-8,14-16,18H,3,9-13H2,1-2H3. The fourth-order valence-corrected chi connectivity index (χ4v) is 4.55. The summed E-state index contributed by atoms with van der Waals surface area (Å²) in [5.41, 5.74) is 0.918. The third-order valence-electron chi connectivity index (χ3n) is 5.43. The van der Waals surface area contributed by atoms with Gasteiger partial charge in [0.2, 0.25) is 0 Å². The van der Waals surface area contributed by atoms with Crippen LogP contribution in [0.2, 0.25) is 0 Å². The lowest BCUT2D eigenvalue weighted by molar-refractivity contribution is 0.100. The highest BCUT2D eigenvalue weighted by molar-refractivity contribution is 7.90. The summed E-state index contributed by atoms with van der Waals surface area (Å²) >= 11 is 0. The van der Waals surface area contributed by atoms with E-state index in [9.17, 15) is 8.42 Å². The molecule has 154 valence electrons. The molecule has 2 aromatic heterocycles. The van der Waals surface area contributed by atoms with Crippen molar-refractivity contribution in [3.05, 3.63) is 48.8 Å². The highest BCUT2D eigenvalue weighted by atomic mass is 32.2. The van der Waals surface area contributed by atoms with Crippen LogP contribution in [0, 0.1) is 0 Å². The van der Waals surface area contributed by atoms with Crippen LogP contribution in [0.5, 0.6) is 5.75 Å². The molecule has 6 nitrogen and oxygen atoms in total. The predicted octanol–water partition coefficient (Wildman–Crippen LogP) is 3.68. The second-order valence-corrected chi connectivity index (χ2v) is 9.71. The number of hydrogen-bond donors (Lipinski definition) is 0. The molecule has 0 spiro atoms. The van der Waals surface area contributed by atoms with E-state index in [1.165, 1.54) is 19.2 Å². The minimum absolute atomic E-state index is 0.248. The Kier molecular flexibility index (Phi) is 5.61. The van der Waals surface area contributed by atoms with E-state index >= 15 is 0 Å². The molecule has 0 N–H and O–H groups in total. The number of aromatic nitrogens is 2. The summed E-state index contributed by atoms with van der Waals surface area (Å²) in [5, 5.41) is 0.869. The Labute approximate surface area is 172 Å². The van der Waals surface area contributed by atoms with Crippen molar-refractivity contribution in [2.75, 3.05) is 25.9 Å². The lowest BCUT2D eigenvalue weighted by Gasteiger charge is -2.31. The molecule has 0 bridgehead atoms. The minimum Gasteiger partial charge on any atom is -0.489 e. The summed E-state index contributed by atoms with van der Waals surface area (Å²) in [7, 11) is -3.22. The average Bonchev–Trinajstić information content (AvgIpc) is 3.13. The van der Waals surface area contributed by atoms with E-state index in [1.54, 1.807) is 18.3 Å². The van der Waals surface area contributed by atoms with Gasteiger partial charge in [-0.3, -0.25) is 0 Å². The predicted molar refractivity (Wildman–Crippen MR) is 115 cm³/mol. The first kappa shape index (κ1) is 19.9. The summed E-state index contributed by atoms with van der Waals surface area (Å²) in [4.78, 5) is 7.38. The molecule has 1 fully saturated rings. The van der Waals surface area contributed by atoms with E-state index < -0.39 is 9.84 Å². The molecule has 7 heteroatoms. The molecule has 1 aliphatic heterocycles. The fourth-order valence-electron chi connectivity index (χ4n) is 3.90. The van der Waals surface area contributed by atoms with Crippen LogP contribution in [0.4, 0.5) is 0 Å². The van der Waals surface area contributed by atoms with Gasteiger partial charge in [-0.25, -0.2) is 13.4 Å². The van der Waals surface area contributed by atoms with E-state index in [1.807, 2.05) is 35.0 Å². The van der Waals surface area contributed by atoms with Crippen molar-refractivity contribution >= 4 is 20.7 Å². The van der Waals surface area contributed by atoms with Gasteiger partial charge in [-0.1, -0.05) is 6.92 Å². The van der Waals surface area contributed by atoms with Crippen molar-refractivity contribution in [1.29, 1.82) is 0 Å². The Morgan fingerprint density at radius 1 is 1.14 bits per heavy atom. The summed E-state index contributed by atoms with van der Waals surface area (Å²) in [5.74, 6) is 1.57. The van der Waals surface area contributed by atoms with Crippen LogP contribution in [0.15, 0.2) is 53.7 Å². The molecule has 3 heterocycles. The van der Waals surface area contributed by atoms with Gasteiger partial charge in [0.05, 0.1) is 16.6 Å². The Hall–Kier alpha value is -2.38. The maximum Gasteiger partial charge on any atom is 0.175 e. The highest BCUT2D eigenvalue weighted by Gasteiger charge is 2.20. The van der Waals surface area contributed by atoms with E-state index in [2.05, 4.69) is 16.8 Å². The first-order chi connectivity index (χ1) is 13.9. The van der Waals surface area contributed by atoms with E-state index in [0.717, 1.165) is 48.4 Å². The summed E-state index contributed by atoms with van der Waals surface area (Å²) in [6.45, 7) is 5.57. The molecule has 0 amide bonds. The summed E-state index contributed by atoms with van der Waals surface area (Å²) < 4.78 is 31.6. The quantitative estimate of drug-likeness (QED) is 0.617. The number of pyridine rings is 1. The van der Waals surface area contributed by atoms with Gasteiger partial charge >= 0.3 is 0 Å². The summed E-state index contributed by atoms with van der Waals surface area (Å²) in [6, 6.07) is 10.9. The zero-order valence-electron chi connectivity index (χ0n) is 16.9. The second-order valence-electron chi connectivity index (χ2n) is 7.69. The molecule has 0 unspecified atom stereocenters. The zero-order valence-corrected chi connectivity index (χ0v) is 17.7. The van der Waals surface area contributed by atoms with E-state index in [4.69, 9.17) is 4.74 Å². The van der Waals surface area contributed by atoms with Crippen molar-refractivity contribution in [3.63, 3.8) is 0 Å². The van der Waals surface area contributed by atoms with E-state index in [-0.39, 0.29) is 6.10 Å². The second kappa shape index (κ2) is 8.16. The first-order valence-corrected chi connectivity index (χ1v) is 12.0. The smallest absolute Gasteiger partial charge is 0.175 e. The Balaban J connectivity index is 1.47. The normalized spacial score (nSPS) is 16.3. The van der Waals surface area contributed by atoms with Crippen LogP contribution in [0.25, 0.3) is 16.7 Å². The molecule has 1 aromatic carbocycles. The number of sulfone groups is 1. The Bertz CT molecular complexity index is 1080. The van der Waals surface area contributed by atoms with Crippen LogP contribution in [-0.2, 0) is 9.84 Å². The fraction of sp³-hybridized carbons (Fsp3) is 0.409. The SMILES string of the molecule is CCCN1CCC(Oc2ccc(-n3ccc4cc(S(C)(=O)=O)ccc43)nc2)CC1.